The second-order valence-electron chi connectivity index (χ2n) is 3.90. The highest BCUT2D eigenvalue weighted by Crippen LogP contribution is 2.29. The van der Waals surface area contributed by atoms with Crippen molar-refractivity contribution in [3.63, 3.8) is 0 Å². The monoisotopic (exact) mass is 323 g/mol. The van der Waals surface area contributed by atoms with Gasteiger partial charge in [0.25, 0.3) is 0 Å². The molecule has 2 rings (SSSR count). The second-order valence-corrected chi connectivity index (χ2v) is 5.83. The van der Waals surface area contributed by atoms with Crippen molar-refractivity contribution < 1.29 is 18.3 Å². The van der Waals surface area contributed by atoms with Crippen LogP contribution in [0, 0.1) is 0 Å². The van der Waals surface area contributed by atoms with Gasteiger partial charge in [-0.3, -0.25) is 0 Å². The molecule has 0 spiro atoms. The highest BCUT2D eigenvalue weighted by molar-refractivity contribution is 7.99. The minimum Gasteiger partial charge on any atom is -0.383 e. The van der Waals surface area contributed by atoms with Crippen LogP contribution in [0.4, 0.5) is 13.2 Å². The standard InChI is InChI=1S/C11H12F3N3OS2/c1-2-17-9(7-4-3-5-19-7)15-16-10(17)20-6-8(18)11(12,13)14/h3-5,8,18H,2,6H2,1H3/t8-/m0/s1. The first-order valence-electron chi connectivity index (χ1n) is 5.78. The van der Waals surface area contributed by atoms with E-state index in [1.165, 1.54) is 11.3 Å². The summed E-state index contributed by atoms with van der Waals surface area (Å²) in [6.07, 6.45) is -6.97. The Morgan fingerprint density at radius 2 is 2.20 bits per heavy atom. The van der Waals surface area contributed by atoms with Crippen molar-refractivity contribution in [1.29, 1.82) is 0 Å². The van der Waals surface area contributed by atoms with E-state index in [4.69, 9.17) is 5.11 Å². The fraction of sp³-hybridized carbons (Fsp3) is 0.455. The van der Waals surface area contributed by atoms with Gasteiger partial charge in [0.05, 0.1) is 4.88 Å². The van der Waals surface area contributed by atoms with Crippen molar-refractivity contribution in [2.24, 2.45) is 0 Å². The van der Waals surface area contributed by atoms with Gasteiger partial charge in [-0.15, -0.1) is 21.5 Å². The summed E-state index contributed by atoms with van der Waals surface area (Å²) in [7, 11) is 0. The van der Waals surface area contributed by atoms with E-state index in [-0.39, 0.29) is 0 Å². The number of aliphatic hydroxyl groups is 1. The van der Waals surface area contributed by atoms with Crippen LogP contribution < -0.4 is 0 Å². The first kappa shape index (κ1) is 15.3. The first-order chi connectivity index (χ1) is 9.43. The minimum absolute atomic E-state index is 0.374. The van der Waals surface area contributed by atoms with Gasteiger partial charge in [-0.25, -0.2) is 0 Å². The molecule has 110 valence electrons. The average Bonchev–Trinajstić information content (AvgIpc) is 3.02. The van der Waals surface area contributed by atoms with E-state index >= 15 is 0 Å². The van der Waals surface area contributed by atoms with E-state index in [1.54, 1.807) is 4.57 Å². The summed E-state index contributed by atoms with van der Waals surface area (Å²) in [5, 5.41) is 19.2. The molecule has 2 aromatic heterocycles. The van der Waals surface area contributed by atoms with Crippen molar-refractivity contribution in [2.45, 2.75) is 30.9 Å². The average molecular weight is 323 g/mol. The normalized spacial score (nSPS) is 13.7. The lowest BCUT2D eigenvalue weighted by atomic mass is 10.4. The maximum Gasteiger partial charge on any atom is 0.415 e. The zero-order chi connectivity index (χ0) is 14.8. The lowest BCUT2D eigenvalue weighted by Crippen LogP contribution is -2.30. The van der Waals surface area contributed by atoms with Crippen molar-refractivity contribution >= 4 is 23.1 Å². The molecule has 2 aromatic rings. The fourth-order valence-corrected chi connectivity index (χ4v) is 3.20. The van der Waals surface area contributed by atoms with Crippen LogP contribution in [-0.4, -0.2) is 37.9 Å². The van der Waals surface area contributed by atoms with E-state index in [9.17, 15) is 13.2 Å². The lowest BCUT2D eigenvalue weighted by Gasteiger charge is -2.13. The van der Waals surface area contributed by atoms with Gasteiger partial charge in [0.1, 0.15) is 0 Å². The van der Waals surface area contributed by atoms with Gasteiger partial charge in [0.2, 0.25) is 0 Å². The Morgan fingerprint density at radius 3 is 2.75 bits per heavy atom. The van der Waals surface area contributed by atoms with Crippen molar-refractivity contribution in [2.75, 3.05) is 5.75 Å². The summed E-state index contributed by atoms with van der Waals surface area (Å²) in [5.41, 5.74) is 0. The molecular weight excluding hydrogens is 311 g/mol. The zero-order valence-corrected chi connectivity index (χ0v) is 12.1. The quantitative estimate of drug-likeness (QED) is 0.859. The molecule has 0 saturated carbocycles. The third kappa shape index (κ3) is 3.33. The maximum absolute atomic E-state index is 12.3. The predicted octanol–water partition coefficient (Wildman–Crippen LogP) is 3.04. The molecule has 4 nitrogen and oxygen atoms in total. The molecule has 0 radical (unpaired) electrons. The third-order valence-corrected chi connectivity index (χ3v) is 4.43. The molecule has 0 bridgehead atoms. The zero-order valence-electron chi connectivity index (χ0n) is 10.5. The summed E-state index contributed by atoms with van der Waals surface area (Å²) in [6, 6.07) is 3.74. The largest absolute Gasteiger partial charge is 0.415 e. The van der Waals surface area contributed by atoms with Crippen LogP contribution in [0.1, 0.15) is 6.92 Å². The minimum atomic E-state index is -4.61. The molecule has 20 heavy (non-hydrogen) atoms. The Balaban J connectivity index is 2.14. The number of aromatic nitrogens is 3. The summed E-state index contributed by atoms with van der Waals surface area (Å²) in [6.45, 7) is 2.41. The smallest absolute Gasteiger partial charge is 0.383 e. The van der Waals surface area contributed by atoms with Gasteiger partial charge in [0.15, 0.2) is 17.1 Å². The van der Waals surface area contributed by atoms with Crippen LogP contribution in [0.3, 0.4) is 0 Å². The highest BCUT2D eigenvalue weighted by Gasteiger charge is 2.38. The van der Waals surface area contributed by atoms with E-state index in [0.717, 1.165) is 16.6 Å². The molecule has 9 heteroatoms. The summed E-state index contributed by atoms with van der Waals surface area (Å²) < 4.78 is 38.5. The van der Waals surface area contributed by atoms with Crippen LogP contribution in [0.5, 0.6) is 0 Å². The summed E-state index contributed by atoms with van der Waals surface area (Å²) >= 11 is 2.33. The maximum atomic E-state index is 12.3. The van der Waals surface area contributed by atoms with E-state index in [1.807, 2.05) is 24.4 Å². The number of thiophene rings is 1. The lowest BCUT2D eigenvalue weighted by molar-refractivity contribution is -0.195. The van der Waals surface area contributed by atoms with Crippen LogP contribution in [0.25, 0.3) is 10.7 Å². The van der Waals surface area contributed by atoms with Crippen molar-refractivity contribution in [1.82, 2.24) is 14.8 Å². The number of nitrogens with zero attached hydrogens (tertiary/aromatic N) is 3. The van der Waals surface area contributed by atoms with E-state index in [0.29, 0.717) is 17.5 Å². The molecule has 1 N–H and O–H groups in total. The van der Waals surface area contributed by atoms with E-state index < -0.39 is 18.0 Å². The first-order valence-corrected chi connectivity index (χ1v) is 7.64. The van der Waals surface area contributed by atoms with Gasteiger partial charge in [-0.2, -0.15) is 13.2 Å². The van der Waals surface area contributed by atoms with Gasteiger partial charge in [0, 0.05) is 12.3 Å². The molecule has 0 saturated heterocycles. The van der Waals surface area contributed by atoms with Crippen LogP contribution in [-0.2, 0) is 6.54 Å². The summed E-state index contributed by atoms with van der Waals surface area (Å²) in [4.78, 5) is 0.905. The van der Waals surface area contributed by atoms with Crippen LogP contribution in [0.15, 0.2) is 22.7 Å². The number of alkyl halides is 3. The van der Waals surface area contributed by atoms with Gasteiger partial charge in [-0.05, 0) is 18.4 Å². The number of thioether (sulfide) groups is 1. The topological polar surface area (TPSA) is 50.9 Å². The van der Waals surface area contributed by atoms with Gasteiger partial charge < -0.3 is 9.67 Å². The number of halogens is 3. The Bertz CT molecular complexity index is 554. The molecule has 0 unspecified atom stereocenters. The van der Waals surface area contributed by atoms with E-state index in [2.05, 4.69) is 10.2 Å². The molecule has 2 heterocycles. The van der Waals surface area contributed by atoms with Gasteiger partial charge >= 0.3 is 6.18 Å². The Kier molecular flexibility index (Phi) is 4.71. The van der Waals surface area contributed by atoms with Crippen molar-refractivity contribution in [3.05, 3.63) is 17.5 Å². The van der Waals surface area contributed by atoms with Crippen LogP contribution >= 0.6 is 23.1 Å². The number of hydrogen-bond acceptors (Lipinski definition) is 5. The van der Waals surface area contributed by atoms with Crippen LogP contribution in [0.2, 0.25) is 0 Å². The summed E-state index contributed by atoms with van der Waals surface area (Å²) in [5.74, 6) is 0.137. The predicted molar refractivity (Wildman–Crippen MR) is 71.8 cm³/mol. The molecule has 1 atom stereocenters. The second kappa shape index (κ2) is 6.15. The molecule has 0 aliphatic heterocycles. The number of rotatable bonds is 5. The Morgan fingerprint density at radius 1 is 1.45 bits per heavy atom. The third-order valence-electron chi connectivity index (χ3n) is 2.52. The Labute approximate surface area is 121 Å². The Hall–Kier alpha value is -1.06. The fourth-order valence-electron chi connectivity index (χ4n) is 1.52. The molecule has 0 aliphatic carbocycles. The molecule has 0 fully saturated rings. The molecule has 0 aromatic carbocycles. The molecule has 0 aliphatic rings. The van der Waals surface area contributed by atoms with Gasteiger partial charge in [-0.1, -0.05) is 17.8 Å². The number of aliphatic hydroxyl groups excluding tert-OH is 1. The van der Waals surface area contributed by atoms with Crippen molar-refractivity contribution in [3.8, 4) is 10.7 Å². The SMILES string of the molecule is CCn1c(SC[C@H](O)C(F)(F)F)nnc1-c1cccs1. The highest BCUT2D eigenvalue weighted by atomic mass is 32.2. The molecular formula is C11H12F3N3OS2. The number of hydrogen-bond donors (Lipinski definition) is 1. The molecule has 0 amide bonds.